The number of ether oxygens (including phenoxy) is 2. The second-order valence-corrected chi connectivity index (χ2v) is 7.35. The zero-order chi connectivity index (χ0) is 20.0. The van der Waals surface area contributed by atoms with Crippen LogP contribution in [0, 0.1) is 0 Å². The van der Waals surface area contributed by atoms with Crippen LogP contribution in [0.1, 0.15) is 24.0 Å². The summed E-state index contributed by atoms with van der Waals surface area (Å²) in [6.45, 7) is -0.220. The number of nitrogens with zero attached hydrogens (tertiary/aromatic N) is 1. The molecular weight excluding hydrogens is 374 g/mol. The maximum atomic E-state index is 13.2. The van der Waals surface area contributed by atoms with E-state index in [2.05, 4.69) is 10.6 Å². The van der Waals surface area contributed by atoms with Crippen LogP contribution in [0.25, 0.3) is 0 Å². The quantitative estimate of drug-likeness (QED) is 0.779. The van der Waals surface area contributed by atoms with E-state index < -0.39 is 17.5 Å². The molecule has 1 aliphatic carbocycles. The number of aryl methyl sites for hydroxylation is 1. The molecule has 1 saturated heterocycles. The van der Waals surface area contributed by atoms with Crippen LogP contribution in [0.2, 0.25) is 0 Å². The molecule has 2 aromatic rings. The lowest BCUT2D eigenvalue weighted by Crippen LogP contribution is -2.47. The summed E-state index contributed by atoms with van der Waals surface area (Å²) in [4.78, 5) is 39.3. The molecular formula is C21H19N3O5. The highest BCUT2D eigenvalue weighted by molar-refractivity contribution is 6.10. The van der Waals surface area contributed by atoms with E-state index >= 15 is 0 Å². The third kappa shape index (κ3) is 2.79. The number of anilines is 1. The molecule has 1 fully saturated rings. The lowest BCUT2D eigenvalue weighted by molar-refractivity contribution is -0.134. The van der Waals surface area contributed by atoms with E-state index in [-0.39, 0.29) is 19.2 Å². The second kappa shape index (κ2) is 6.51. The molecule has 2 heterocycles. The van der Waals surface area contributed by atoms with Gasteiger partial charge in [0.05, 0.1) is 0 Å². The summed E-state index contributed by atoms with van der Waals surface area (Å²) >= 11 is 0. The lowest BCUT2D eigenvalue weighted by Gasteiger charge is -2.33. The maximum absolute atomic E-state index is 13.2. The Balaban J connectivity index is 1.34. The van der Waals surface area contributed by atoms with E-state index in [1.165, 1.54) is 0 Å². The minimum absolute atomic E-state index is 0.138. The predicted molar refractivity (Wildman–Crippen MR) is 102 cm³/mol. The first-order valence-electron chi connectivity index (χ1n) is 9.49. The van der Waals surface area contributed by atoms with Gasteiger partial charge in [-0.3, -0.25) is 14.5 Å². The SMILES string of the molecule is O=C(CN1C(=O)N[C@]2(CCCc3ccccc32)C1=O)Nc1ccc2c(c1)OCO2. The monoisotopic (exact) mass is 393 g/mol. The molecule has 0 bridgehead atoms. The molecule has 2 N–H and O–H groups in total. The average Bonchev–Trinajstić information content (AvgIpc) is 3.27. The Bertz CT molecular complexity index is 1040. The highest BCUT2D eigenvalue weighted by atomic mass is 16.7. The molecule has 1 spiro atoms. The van der Waals surface area contributed by atoms with Gasteiger partial charge in [-0.1, -0.05) is 24.3 Å². The number of urea groups is 1. The Hall–Kier alpha value is -3.55. The molecule has 4 amide bonds. The van der Waals surface area contributed by atoms with E-state index in [0.717, 1.165) is 28.9 Å². The number of hydrogen-bond donors (Lipinski definition) is 2. The second-order valence-electron chi connectivity index (χ2n) is 7.35. The molecule has 2 aliphatic heterocycles. The summed E-state index contributed by atoms with van der Waals surface area (Å²) in [7, 11) is 0. The highest BCUT2D eigenvalue weighted by Gasteiger charge is 2.54. The Morgan fingerprint density at radius 3 is 2.86 bits per heavy atom. The van der Waals surface area contributed by atoms with Gasteiger partial charge in [0.25, 0.3) is 5.91 Å². The van der Waals surface area contributed by atoms with Gasteiger partial charge in [0.2, 0.25) is 12.7 Å². The van der Waals surface area contributed by atoms with E-state index in [1.807, 2.05) is 24.3 Å². The summed E-state index contributed by atoms with van der Waals surface area (Å²) in [5, 5.41) is 5.55. The van der Waals surface area contributed by atoms with Crippen molar-refractivity contribution in [1.82, 2.24) is 10.2 Å². The number of imide groups is 1. The van der Waals surface area contributed by atoms with Gasteiger partial charge in [0, 0.05) is 11.8 Å². The van der Waals surface area contributed by atoms with Crippen molar-refractivity contribution < 1.29 is 23.9 Å². The number of carbonyl (C=O) groups excluding carboxylic acids is 3. The molecule has 8 nitrogen and oxygen atoms in total. The van der Waals surface area contributed by atoms with Crippen molar-refractivity contribution in [3.05, 3.63) is 53.6 Å². The third-order valence-electron chi connectivity index (χ3n) is 5.61. The van der Waals surface area contributed by atoms with E-state index in [4.69, 9.17) is 9.47 Å². The maximum Gasteiger partial charge on any atom is 0.325 e. The Kier molecular flexibility index (Phi) is 3.94. The molecule has 0 aromatic heterocycles. The van der Waals surface area contributed by atoms with Crippen LogP contribution < -0.4 is 20.1 Å². The molecule has 0 saturated carbocycles. The minimum Gasteiger partial charge on any atom is -0.454 e. The zero-order valence-corrected chi connectivity index (χ0v) is 15.6. The van der Waals surface area contributed by atoms with Crippen molar-refractivity contribution in [3.8, 4) is 11.5 Å². The van der Waals surface area contributed by atoms with Gasteiger partial charge in [-0.25, -0.2) is 4.79 Å². The fraction of sp³-hybridized carbons (Fsp3) is 0.286. The molecule has 8 heteroatoms. The minimum atomic E-state index is -1.08. The predicted octanol–water partition coefficient (Wildman–Crippen LogP) is 2.14. The number of nitrogens with one attached hydrogen (secondary N) is 2. The molecule has 0 unspecified atom stereocenters. The zero-order valence-electron chi connectivity index (χ0n) is 15.6. The number of carbonyl (C=O) groups is 3. The first-order valence-corrected chi connectivity index (χ1v) is 9.49. The molecule has 0 radical (unpaired) electrons. The number of amides is 4. The van der Waals surface area contributed by atoms with Crippen LogP contribution in [0.5, 0.6) is 11.5 Å². The fourth-order valence-corrected chi connectivity index (χ4v) is 4.27. The van der Waals surface area contributed by atoms with Crippen LogP contribution in [-0.4, -0.2) is 36.1 Å². The lowest BCUT2D eigenvalue weighted by atomic mass is 9.76. The van der Waals surface area contributed by atoms with Crippen LogP contribution >= 0.6 is 0 Å². The number of rotatable bonds is 3. The van der Waals surface area contributed by atoms with Gasteiger partial charge < -0.3 is 20.1 Å². The topological polar surface area (TPSA) is 97.0 Å². The van der Waals surface area contributed by atoms with Crippen LogP contribution in [-0.2, 0) is 21.5 Å². The van der Waals surface area contributed by atoms with Gasteiger partial charge in [-0.15, -0.1) is 0 Å². The largest absolute Gasteiger partial charge is 0.454 e. The fourth-order valence-electron chi connectivity index (χ4n) is 4.27. The van der Waals surface area contributed by atoms with Crippen LogP contribution in [0.15, 0.2) is 42.5 Å². The van der Waals surface area contributed by atoms with Crippen molar-refractivity contribution in [2.75, 3.05) is 18.7 Å². The molecule has 2 aromatic carbocycles. The van der Waals surface area contributed by atoms with E-state index in [0.29, 0.717) is 23.6 Å². The summed E-state index contributed by atoms with van der Waals surface area (Å²) in [5.41, 5.74) is 1.30. The molecule has 1 atom stereocenters. The van der Waals surface area contributed by atoms with Gasteiger partial charge in [0.1, 0.15) is 12.1 Å². The highest BCUT2D eigenvalue weighted by Crippen LogP contribution is 2.40. The van der Waals surface area contributed by atoms with E-state index in [1.54, 1.807) is 18.2 Å². The smallest absolute Gasteiger partial charge is 0.325 e. The van der Waals surface area contributed by atoms with Crippen molar-refractivity contribution in [2.45, 2.75) is 24.8 Å². The Morgan fingerprint density at radius 1 is 1.14 bits per heavy atom. The molecule has 3 aliphatic rings. The molecule has 29 heavy (non-hydrogen) atoms. The summed E-state index contributed by atoms with van der Waals surface area (Å²) in [6, 6.07) is 12.1. The standard InChI is InChI=1S/C21H19N3O5/c25-18(22-14-7-8-16-17(10-14)29-12-28-16)11-24-19(26)21(23-20(24)27)9-3-5-13-4-1-2-6-15(13)21/h1-2,4,6-8,10H,3,5,9,11-12H2,(H,22,25)(H,23,27)/t21-/m0/s1. The van der Waals surface area contributed by atoms with Gasteiger partial charge in [-0.2, -0.15) is 0 Å². The van der Waals surface area contributed by atoms with Crippen molar-refractivity contribution in [2.24, 2.45) is 0 Å². The molecule has 148 valence electrons. The van der Waals surface area contributed by atoms with Crippen molar-refractivity contribution in [1.29, 1.82) is 0 Å². The first-order chi connectivity index (χ1) is 14.1. The molecule has 5 rings (SSSR count). The first kappa shape index (κ1) is 17.5. The summed E-state index contributed by atoms with van der Waals surface area (Å²) in [5.74, 6) is 0.301. The normalized spacial score (nSPS) is 21.9. The van der Waals surface area contributed by atoms with Crippen LogP contribution in [0.4, 0.5) is 10.5 Å². The Morgan fingerprint density at radius 2 is 1.97 bits per heavy atom. The van der Waals surface area contributed by atoms with Crippen LogP contribution in [0.3, 0.4) is 0 Å². The van der Waals surface area contributed by atoms with Gasteiger partial charge in [-0.05, 0) is 42.5 Å². The number of fused-ring (bicyclic) bond motifs is 3. The van der Waals surface area contributed by atoms with E-state index in [9.17, 15) is 14.4 Å². The third-order valence-corrected chi connectivity index (χ3v) is 5.61. The van der Waals surface area contributed by atoms with Crippen molar-refractivity contribution >= 4 is 23.5 Å². The Labute approximate surface area is 166 Å². The van der Waals surface area contributed by atoms with Gasteiger partial charge >= 0.3 is 6.03 Å². The number of benzene rings is 2. The summed E-state index contributed by atoms with van der Waals surface area (Å²) < 4.78 is 10.5. The van der Waals surface area contributed by atoms with Gasteiger partial charge in [0.15, 0.2) is 11.5 Å². The average molecular weight is 393 g/mol. The summed E-state index contributed by atoms with van der Waals surface area (Å²) in [6.07, 6.45) is 2.18. The van der Waals surface area contributed by atoms with Crippen molar-refractivity contribution in [3.63, 3.8) is 0 Å². The number of hydrogen-bond acceptors (Lipinski definition) is 5.